The standard InChI is InChI=1S/C14H18BrClN2S/c1-14(13(17)19)4-6-18(7-5-14)9-10-2-3-11(15)8-12(10)16/h2-3,8H,4-7,9H2,1H3,(H2,17,19). The largest absolute Gasteiger partial charge is 0.393 e. The zero-order chi connectivity index (χ0) is 14.0. The maximum atomic E-state index is 6.26. The fraction of sp³-hybridized carbons (Fsp3) is 0.500. The van der Waals surface area contributed by atoms with Crippen molar-refractivity contribution >= 4 is 44.7 Å². The lowest BCUT2D eigenvalue weighted by Crippen LogP contribution is -2.44. The molecule has 0 aromatic heterocycles. The Kier molecular flexibility index (Phi) is 4.88. The first kappa shape index (κ1) is 15.2. The van der Waals surface area contributed by atoms with Crippen LogP contribution in [0.4, 0.5) is 0 Å². The molecule has 2 rings (SSSR count). The molecule has 5 heteroatoms. The van der Waals surface area contributed by atoms with Crippen molar-refractivity contribution in [2.24, 2.45) is 11.1 Å². The molecule has 1 aromatic rings. The Labute approximate surface area is 133 Å². The number of likely N-dealkylation sites (tertiary alicyclic amines) is 1. The van der Waals surface area contributed by atoms with Crippen LogP contribution in [-0.2, 0) is 6.54 Å². The first-order valence-electron chi connectivity index (χ1n) is 6.37. The average molecular weight is 362 g/mol. The molecule has 1 aromatic carbocycles. The summed E-state index contributed by atoms with van der Waals surface area (Å²) in [5, 5.41) is 0.817. The lowest BCUT2D eigenvalue weighted by molar-refractivity contribution is 0.158. The number of rotatable bonds is 3. The van der Waals surface area contributed by atoms with E-state index < -0.39 is 0 Å². The summed E-state index contributed by atoms with van der Waals surface area (Å²) in [4.78, 5) is 3.06. The number of nitrogens with zero attached hydrogens (tertiary/aromatic N) is 1. The number of thiocarbonyl (C=S) groups is 1. The van der Waals surface area contributed by atoms with Gasteiger partial charge in [0.05, 0.1) is 4.99 Å². The summed E-state index contributed by atoms with van der Waals surface area (Å²) in [6.07, 6.45) is 2.05. The van der Waals surface area contributed by atoms with E-state index in [4.69, 9.17) is 29.6 Å². The molecule has 19 heavy (non-hydrogen) atoms. The average Bonchev–Trinajstić information content (AvgIpc) is 2.35. The third-order valence-electron chi connectivity index (χ3n) is 3.96. The van der Waals surface area contributed by atoms with Crippen molar-refractivity contribution in [3.8, 4) is 0 Å². The zero-order valence-corrected chi connectivity index (χ0v) is 14.1. The van der Waals surface area contributed by atoms with Crippen LogP contribution in [0.15, 0.2) is 22.7 Å². The van der Waals surface area contributed by atoms with Gasteiger partial charge in [0.25, 0.3) is 0 Å². The summed E-state index contributed by atoms with van der Waals surface area (Å²) in [6, 6.07) is 6.05. The Balaban J connectivity index is 1.98. The lowest BCUT2D eigenvalue weighted by Gasteiger charge is -2.38. The Bertz CT molecular complexity index is 484. The Morgan fingerprint density at radius 1 is 1.47 bits per heavy atom. The van der Waals surface area contributed by atoms with Crippen LogP contribution >= 0.6 is 39.7 Å². The van der Waals surface area contributed by atoms with E-state index in [2.05, 4.69) is 33.8 Å². The molecule has 1 aliphatic rings. The maximum Gasteiger partial charge on any atom is 0.0788 e. The van der Waals surface area contributed by atoms with E-state index in [-0.39, 0.29) is 5.41 Å². The molecule has 104 valence electrons. The number of hydrogen-bond acceptors (Lipinski definition) is 2. The molecule has 2 nitrogen and oxygen atoms in total. The summed E-state index contributed by atoms with van der Waals surface area (Å²) < 4.78 is 1.01. The minimum atomic E-state index is 0.0232. The van der Waals surface area contributed by atoms with Crippen molar-refractivity contribution in [3.63, 3.8) is 0 Å². The second kappa shape index (κ2) is 6.08. The Morgan fingerprint density at radius 2 is 2.11 bits per heavy atom. The molecule has 0 aliphatic carbocycles. The van der Waals surface area contributed by atoms with E-state index in [1.54, 1.807) is 0 Å². The molecule has 1 heterocycles. The van der Waals surface area contributed by atoms with E-state index in [1.165, 1.54) is 5.56 Å². The first-order valence-corrected chi connectivity index (χ1v) is 7.95. The van der Waals surface area contributed by atoms with Crippen molar-refractivity contribution in [3.05, 3.63) is 33.3 Å². The molecular formula is C14H18BrClN2S. The Morgan fingerprint density at radius 3 is 2.63 bits per heavy atom. The van der Waals surface area contributed by atoms with Crippen LogP contribution < -0.4 is 5.73 Å². The van der Waals surface area contributed by atoms with Crippen molar-refractivity contribution in [1.29, 1.82) is 0 Å². The van der Waals surface area contributed by atoms with Crippen molar-refractivity contribution in [2.45, 2.75) is 26.3 Å². The summed E-state index contributed by atoms with van der Waals surface area (Å²) in [5.74, 6) is 0. The van der Waals surface area contributed by atoms with Gasteiger partial charge in [0.15, 0.2) is 0 Å². The van der Waals surface area contributed by atoms with Gasteiger partial charge in [-0.1, -0.05) is 52.7 Å². The molecule has 0 radical (unpaired) electrons. The number of halogens is 2. The van der Waals surface area contributed by atoms with Gasteiger partial charge in [-0.05, 0) is 43.6 Å². The lowest BCUT2D eigenvalue weighted by atomic mass is 9.80. The third-order valence-corrected chi connectivity index (χ3v) is 5.30. The smallest absolute Gasteiger partial charge is 0.0788 e. The Hall–Kier alpha value is -0.160. The van der Waals surface area contributed by atoms with E-state index >= 15 is 0 Å². The van der Waals surface area contributed by atoms with Gasteiger partial charge in [-0.2, -0.15) is 0 Å². The van der Waals surface area contributed by atoms with E-state index in [9.17, 15) is 0 Å². The second-order valence-corrected chi connectivity index (χ2v) is 7.20. The van der Waals surface area contributed by atoms with Crippen molar-refractivity contribution < 1.29 is 0 Å². The highest BCUT2D eigenvalue weighted by Gasteiger charge is 2.32. The molecule has 0 amide bonds. The minimum absolute atomic E-state index is 0.0232. The quantitative estimate of drug-likeness (QED) is 0.825. The van der Waals surface area contributed by atoms with Gasteiger partial charge >= 0.3 is 0 Å². The van der Waals surface area contributed by atoms with Crippen molar-refractivity contribution in [2.75, 3.05) is 13.1 Å². The van der Waals surface area contributed by atoms with Gasteiger partial charge in [-0.25, -0.2) is 0 Å². The van der Waals surface area contributed by atoms with E-state index in [1.807, 2.05) is 12.1 Å². The fourth-order valence-corrected chi connectivity index (χ4v) is 3.28. The molecule has 0 atom stereocenters. The van der Waals surface area contributed by atoms with Gasteiger partial charge in [0.1, 0.15) is 0 Å². The third kappa shape index (κ3) is 3.69. The van der Waals surface area contributed by atoms with Crippen molar-refractivity contribution in [1.82, 2.24) is 4.90 Å². The normalized spacial score (nSPS) is 19.3. The highest BCUT2D eigenvalue weighted by molar-refractivity contribution is 9.10. The summed E-state index contributed by atoms with van der Waals surface area (Å²) in [6.45, 7) is 5.08. The number of benzene rings is 1. The van der Waals surface area contributed by atoms with Crippen LogP contribution in [0, 0.1) is 5.41 Å². The molecular weight excluding hydrogens is 344 g/mol. The van der Waals surface area contributed by atoms with E-state index in [0.717, 1.165) is 42.0 Å². The van der Waals surface area contributed by atoms with Gasteiger partial charge in [-0.15, -0.1) is 0 Å². The molecule has 1 fully saturated rings. The minimum Gasteiger partial charge on any atom is -0.393 e. The fourth-order valence-electron chi connectivity index (χ4n) is 2.34. The molecule has 0 unspecified atom stereocenters. The summed E-state index contributed by atoms with van der Waals surface area (Å²) >= 11 is 14.8. The predicted molar refractivity (Wildman–Crippen MR) is 88.6 cm³/mol. The maximum absolute atomic E-state index is 6.26. The summed E-state index contributed by atoms with van der Waals surface area (Å²) in [5.41, 5.74) is 7.02. The zero-order valence-electron chi connectivity index (χ0n) is 11.0. The molecule has 0 bridgehead atoms. The predicted octanol–water partition coefficient (Wildman–Crippen LogP) is 3.99. The second-order valence-electron chi connectivity index (χ2n) is 5.44. The molecule has 0 spiro atoms. The van der Waals surface area contributed by atoms with Gasteiger partial charge < -0.3 is 5.73 Å². The number of piperidine rings is 1. The molecule has 1 aliphatic heterocycles. The molecule has 0 saturated carbocycles. The molecule has 2 N–H and O–H groups in total. The van der Waals surface area contributed by atoms with Gasteiger partial charge in [-0.3, -0.25) is 4.90 Å². The van der Waals surface area contributed by atoms with Crippen LogP contribution in [0.2, 0.25) is 5.02 Å². The van der Waals surface area contributed by atoms with Crippen LogP contribution in [0.25, 0.3) is 0 Å². The number of hydrogen-bond donors (Lipinski definition) is 1. The van der Waals surface area contributed by atoms with Crippen LogP contribution in [0.5, 0.6) is 0 Å². The highest BCUT2D eigenvalue weighted by atomic mass is 79.9. The topological polar surface area (TPSA) is 29.3 Å². The monoisotopic (exact) mass is 360 g/mol. The van der Waals surface area contributed by atoms with Crippen LogP contribution in [0.1, 0.15) is 25.3 Å². The van der Waals surface area contributed by atoms with Gasteiger partial charge in [0, 0.05) is 21.5 Å². The van der Waals surface area contributed by atoms with Gasteiger partial charge in [0.2, 0.25) is 0 Å². The number of nitrogens with two attached hydrogens (primary N) is 1. The van der Waals surface area contributed by atoms with E-state index in [0.29, 0.717) is 4.99 Å². The van der Waals surface area contributed by atoms with Crippen LogP contribution in [-0.4, -0.2) is 23.0 Å². The SMILES string of the molecule is CC1(C(N)=S)CCN(Cc2ccc(Br)cc2Cl)CC1. The summed E-state index contributed by atoms with van der Waals surface area (Å²) in [7, 11) is 0. The molecule has 1 saturated heterocycles. The highest BCUT2D eigenvalue weighted by Crippen LogP contribution is 2.32. The first-order chi connectivity index (χ1) is 8.90. The van der Waals surface area contributed by atoms with Crippen LogP contribution in [0.3, 0.4) is 0 Å².